The van der Waals surface area contributed by atoms with Crippen LogP contribution in [-0.2, 0) is 11.0 Å². The van der Waals surface area contributed by atoms with Crippen LogP contribution in [0.3, 0.4) is 0 Å². The number of nitrogens with one attached hydrogen (secondary N) is 1. The quantitative estimate of drug-likeness (QED) is 0.783. The third kappa shape index (κ3) is 2.56. The molecule has 0 spiro atoms. The zero-order valence-electron chi connectivity index (χ0n) is 13.3. The average Bonchev–Trinajstić information content (AvgIpc) is 2.46. The fraction of sp³-hybridized carbons (Fsp3) is 0.611. The normalized spacial score (nSPS) is 34.4. The van der Waals surface area contributed by atoms with Gasteiger partial charge in [0.1, 0.15) is 0 Å². The lowest BCUT2D eigenvalue weighted by molar-refractivity contribution is -0.140. The number of carbonyl (C=O) groups is 1. The van der Waals surface area contributed by atoms with Crippen molar-refractivity contribution in [2.75, 3.05) is 11.1 Å². The molecule has 4 saturated carbocycles. The van der Waals surface area contributed by atoms with Crippen LogP contribution in [0.1, 0.15) is 44.1 Å². The number of hydrogen-bond donors (Lipinski definition) is 2. The van der Waals surface area contributed by atoms with Crippen LogP contribution < -0.4 is 11.1 Å². The minimum Gasteiger partial charge on any atom is -0.397 e. The van der Waals surface area contributed by atoms with Gasteiger partial charge >= 0.3 is 6.18 Å². The van der Waals surface area contributed by atoms with Crippen LogP contribution in [0.25, 0.3) is 0 Å². The molecule has 0 unspecified atom stereocenters. The summed E-state index contributed by atoms with van der Waals surface area (Å²) in [4.78, 5) is 12.9. The lowest BCUT2D eigenvalue weighted by atomic mass is 9.49. The van der Waals surface area contributed by atoms with E-state index in [1.807, 2.05) is 0 Å². The van der Waals surface area contributed by atoms with Gasteiger partial charge in [0.15, 0.2) is 0 Å². The first kappa shape index (κ1) is 15.8. The highest BCUT2D eigenvalue weighted by Gasteiger charge is 2.54. The van der Waals surface area contributed by atoms with Gasteiger partial charge in [-0.05, 0) is 74.5 Å². The number of nitrogens with two attached hydrogens (primary N) is 1. The van der Waals surface area contributed by atoms with Crippen molar-refractivity contribution in [2.45, 2.75) is 44.7 Å². The Hall–Kier alpha value is -1.72. The molecule has 0 atom stereocenters. The van der Waals surface area contributed by atoms with E-state index in [-0.39, 0.29) is 22.7 Å². The van der Waals surface area contributed by atoms with Crippen LogP contribution in [-0.4, -0.2) is 5.91 Å². The summed E-state index contributed by atoms with van der Waals surface area (Å²) in [6, 6.07) is 3.11. The lowest BCUT2D eigenvalue weighted by Crippen LogP contribution is -2.51. The molecule has 4 aliphatic rings. The van der Waals surface area contributed by atoms with E-state index < -0.39 is 11.7 Å². The molecule has 6 heteroatoms. The summed E-state index contributed by atoms with van der Waals surface area (Å²) in [5.74, 6) is 1.83. The highest BCUT2D eigenvalue weighted by molar-refractivity contribution is 5.98. The van der Waals surface area contributed by atoms with Gasteiger partial charge in [-0.1, -0.05) is 0 Å². The van der Waals surface area contributed by atoms with Gasteiger partial charge in [0.25, 0.3) is 0 Å². The summed E-state index contributed by atoms with van der Waals surface area (Å²) in [7, 11) is 0. The van der Waals surface area contributed by atoms with Crippen molar-refractivity contribution >= 4 is 17.3 Å². The third-order valence-electron chi connectivity index (χ3n) is 6.15. The van der Waals surface area contributed by atoms with E-state index in [1.165, 1.54) is 25.3 Å². The molecule has 130 valence electrons. The number of carbonyl (C=O) groups excluding carboxylic acids is 1. The minimum atomic E-state index is -4.43. The molecule has 0 radical (unpaired) electrons. The molecule has 4 bridgehead atoms. The van der Waals surface area contributed by atoms with Gasteiger partial charge in [0.05, 0.1) is 22.4 Å². The van der Waals surface area contributed by atoms with Gasteiger partial charge in [-0.3, -0.25) is 4.79 Å². The predicted molar refractivity (Wildman–Crippen MR) is 85.1 cm³/mol. The van der Waals surface area contributed by atoms with Gasteiger partial charge in [-0.25, -0.2) is 0 Å². The smallest absolute Gasteiger partial charge is 0.397 e. The Morgan fingerprint density at radius 1 is 1.08 bits per heavy atom. The monoisotopic (exact) mass is 338 g/mol. The molecule has 5 rings (SSSR count). The van der Waals surface area contributed by atoms with Crippen molar-refractivity contribution in [2.24, 2.45) is 23.2 Å². The Bertz CT molecular complexity index is 648. The fourth-order valence-corrected chi connectivity index (χ4v) is 5.50. The zero-order valence-corrected chi connectivity index (χ0v) is 13.3. The summed E-state index contributed by atoms with van der Waals surface area (Å²) in [6.45, 7) is 0. The van der Waals surface area contributed by atoms with E-state index in [4.69, 9.17) is 5.73 Å². The second kappa shape index (κ2) is 5.14. The second-order valence-corrected chi connectivity index (χ2v) is 7.95. The Morgan fingerprint density at radius 2 is 1.62 bits per heavy atom. The van der Waals surface area contributed by atoms with E-state index in [0.717, 1.165) is 31.4 Å². The number of benzene rings is 1. The van der Waals surface area contributed by atoms with Gasteiger partial charge in [0, 0.05) is 0 Å². The van der Waals surface area contributed by atoms with Gasteiger partial charge < -0.3 is 11.1 Å². The lowest BCUT2D eigenvalue weighted by Gasteiger charge is -2.55. The average molecular weight is 338 g/mol. The molecule has 3 N–H and O–H groups in total. The number of nitrogen functional groups attached to an aromatic ring is 1. The summed E-state index contributed by atoms with van der Waals surface area (Å²) in [5.41, 5.74) is 4.84. The fourth-order valence-electron chi connectivity index (χ4n) is 5.50. The molecule has 24 heavy (non-hydrogen) atoms. The van der Waals surface area contributed by atoms with Crippen molar-refractivity contribution < 1.29 is 18.0 Å². The van der Waals surface area contributed by atoms with Gasteiger partial charge in [-0.15, -0.1) is 0 Å². The first-order chi connectivity index (χ1) is 11.2. The maximum atomic E-state index is 12.9. The zero-order chi connectivity index (χ0) is 17.1. The highest BCUT2D eigenvalue weighted by atomic mass is 19.4. The molecule has 4 aliphatic carbocycles. The molecule has 4 fully saturated rings. The molecule has 1 amide bonds. The van der Waals surface area contributed by atoms with Crippen LogP contribution in [0.5, 0.6) is 0 Å². The van der Waals surface area contributed by atoms with Crippen molar-refractivity contribution in [1.82, 2.24) is 0 Å². The molecule has 1 aromatic rings. The molecular formula is C18H21F3N2O. The largest absolute Gasteiger partial charge is 0.416 e. The van der Waals surface area contributed by atoms with Crippen molar-refractivity contribution in [1.29, 1.82) is 0 Å². The van der Waals surface area contributed by atoms with Gasteiger partial charge in [0.2, 0.25) is 5.91 Å². The Labute approximate surface area is 138 Å². The second-order valence-electron chi connectivity index (χ2n) is 7.95. The minimum absolute atomic E-state index is 0.0390. The van der Waals surface area contributed by atoms with E-state index in [0.29, 0.717) is 17.8 Å². The van der Waals surface area contributed by atoms with Crippen LogP contribution in [0.2, 0.25) is 0 Å². The standard InChI is InChI=1S/C18H21F3N2O/c19-18(20,21)13-1-2-15(14(22)6-13)23-16(24)17-7-10-3-11(8-17)5-12(4-10)9-17/h1-2,6,10-12H,3-5,7-9,22H2,(H,23,24). The van der Waals surface area contributed by atoms with E-state index in [1.54, 1.807) is 0 Å². The van der Waals surface area contributed by atoms with Crippen molar-refractivity contribution in [3.8, 4) is 0 Å². The predicted octanol–water partition coefficient (Wildman–Crippen LogP) is 4.44. The molecular weight excluding hydrogens is 317 g/mol. The first-order valence-electron chi connectivity index (χ1n) is 8.53. The number of amides is 1. The molecule has 0 aliphatic heterocycles. The Balaban J connectivity index is 1.54. The maximum Gasteiger partial charge on any atom is 0.416 e. The number of halogens is 3. The van der Waals surface area contributed by atoms with Crippen molar-refractivity contribution in [3.63, 3.8) is 0 Å². The van der Waals surface area contributed by atoms with Gasteiger partial charge in [-0.2, -0.15) is 13.2 Å². The maximum absolute atomic E-state index is 12.9. The molecule has 0 heterocycles. The SMILES string of the molecule is Nc1cc(C(F)(F)F)ccc1NC(=O)C12CC3CC(CC(C3)C1)C2. The van der Waals surface area contributed by atoms with Crippen LogP contribution in [0, 0.1) is 23.2 Å². The van der Waals surface area contributed by atoms with Crippen molar-refractivity contribution in [3.05, 3.63) is 23.8 Å². The van der Waals surface area contributed by atoms with E-state index >= 15 is 0 Å². The van der Waals surface area contributed by atoms with E-state index in [2.05, 4.69) is 5.32 Å². The summed E-state index contributed by atoms with van der Waals surface area (Å²) < 4.78 is 38.2. The Morgan fingerprint density at radius 3 is 2.08 bits per heavy atom. The number of alkyl halides is 3. The molecule has 3 nitrogen and oxygen atoms in total. The molecule has 0 saturated heterocycles. The summed E-state index contributed by atoms with van der Waals surface area (Å²) in [5, 5.41) is 2.81. The van der Waals surface area contributed by atoms with E-state index in [9.17, 15) is 18.0 Å². The topological polar surface area (TPSA) is 55.1 Å². The number of anilines is 2. The van der Waals surface area contributed by atoms with Crippen LogP contribution in [0.15, 0.2) is 18.2 Å². The number of hydrogen-bond acceptors (Lipinski definition) is 2. The van der Waals surface area contributed by atoms with Crippen LogP contribution in [0.4, 0.5) is 24.5 Å². The number of rotatable bonds is 2. The summed E-state index contributed by atoms with van der Waals surface area (Å²) in [6.07, 6.45) is 1.98. The first-order valence-corrected chi connectivity index (χ1v) is 8.53. The third-order valence-corrected chi connectivity index (χ3v) is 6.15. The van der Waals surface area contributed by atoms with Crippen LogP contribution >= 0.6 is 0 Å². The summed E-state index contributed by atoms with van der Waals surface area (Å²) >= 11 is 0. The molecule has 1 aromatic carbocycles. The molecule has 0 aromatic heterocycles. The highest BCUT2D eigenvalue weighted by Crippen LogP contribution is 2.60. The Kier molecular flexibility index (Phi) is 3.38.